The molecule has 0 spiro atoms. The third kappa shape index (κ3) is 4.32. The van der Waals surface area contributed by atoms with E-state index in [1.165, 1.54) is 17.5 Å². The fourth-order valence-corrected chi connectivity index (χ4v) is 3.01. The standard InChI is InChI=1S/C16H21N3S/c1-3-5-13-6-8-14(9-7-13)15(17-2)12-20-16-18-10-4-11-19-16/h4,6-11,15,17H,3,5,12H2,1-2H3. The number of hydrogen-bond acceptors (Lipinski definition) is 4. The van der Waals surface area contributed by atoms with Gasteiger partial charge in [-0.2, -0.15) is 0 Å². The first-order valence-corrected chi connectivity index (χ1v) is 7.98. The molecule has 3 nitrogen and oxygen atoms in total. The number of nitrogens with zero attached hydrogens (tertiary/aromatic N) is 2. The number of aromatic nitrogens is 2. The molecule has 1 aromatic carbocycles. The molecule has 0 saturated carbocycles. The second-order valence-corrected chi connectivity index (χ2v) is 5.66. The number of benzene rings is 1. The van der Waals surface area contributed by atoms with Crippen molar-refractivity contribution in [3.05, 3.63) is 53.9 Å². The van der Waals surface area contributed by atoms with Gasteiger partial charge in [0.05, 0.1) is 0 Å². The quantitative estimate of drug-likeness (QED) is 0.625. The molecule has 20 heavy (non-hydrogen) atoms. The summed E-state index contributed by atoms with van der Waals surface area (Å²) in [6, 6.07) is 11.1. The average Bonchev–Trinajstić information content (AvgIpc) is 2.51. The van der Waals surface area contributed by atoms with Crippen LogP contribution in [0.25, 0.3) is 0 Å². The van der Waals surface area contributed by atoms with Gasteiger partial charge in [0.25, 0.3) is 0 Å². The van der Waals surface area contributed by atoms with E-state index in [4.69, 9.17) is 0 Å². The Bertz CT molecular complexity index is 499. The van der Waals surface area contributed by atoms with Gasteiger partial charge in [-0.25, -0.2) is 9.97 Å². The molecule has 1 aromatic heterocycles. The summed E-state index contributed by atoms with van der Waals surface area (Å²) < 4.78 is 0. The summed E-state index contributed by atoms with van der Waals surface area (Å²) in [7, 11) is 2.00. The van der Waals surface area contributed by atoms with E-state index in [0.29, 0.717) is 6.04 Å². The number of rotatable bonds is 7. The highest BCUT2D eigenvalue weighted by atomic mass is 32.2. The lowest BCUT2D eigenvalue weighted by molar-refractivity contribution is 0.660. The van der Waals surface area contributed by atoms with Crippen molar-refractivity contribution in [1.29, 1.82) is 0 Å². The van der Waals surface area contributed by atoms with Gasteiger partial charge in [0.1, 0.15) is 0 Å². The zero-order chi connectivity index (χ0) is 14.2. The number of thioether (sulfide) groups is 1. The Kier molecular flexibility index (Phi) is 6.02. The van der Waals surface area contributed by atoms with Crippen molar-refractivity contribution < 1.29 is 0 Å². The molecule has 0 amide bonds. The minimum Gasteiger partial charge on any atom is -0.312 e. The molecule has 0 radical (unpaired) electrons. The van der Waals surface area contributed by atoms with Gasteiger partial charge in [0, 0.05) is 24.2 Å². The molecular weight excluding hydrogens is 266 g/mol. The van der Waals surface area contributed by atoms with Crippen molar-refractivity contribution in [3.63, 3.8) is 0 Å². The van der Waals surface area contributed by atoms with Crippen molar-refractivity contribution in [2.24, 2.45) is 0 Å². The van der Waals surface area contributed by atoms with Crippen LogP contribution in [0.3, 0.4) is 0 Å². The molecule has 0 saturated heterocycles. The molecule has 0 aliphatic heterocycles. The molecule has 1 heterocycles. The van der Waals surface area contributed by atoms with Gasteiger partial charge < -0.3 is 5.32 Å². The third-order valence-electron chi connectivity index (χ3n) is 3.19. The summed E-state index contributed by atoms with van der Waals surface area (Å²) in [5.74, 6) is 0.924. The van der Waals surface area contributed by atoms with Gasteiger partial charge in [-0.1, -0.05) is 49.4 Å². The molecule has 106 valence electrons. The summed E-state index contributed by atoms with van der Waals surface area (Å²) in [6.07, 6.45) is 5.90. The highest BCUT2D eigenvalue weighted by molar-refractivity contribution is 7.99. The van der Waals surface area contributed by atoms with Gasteiger partial charge in [-0.15, -0.1) is 0 Å². The number of aryl methyl sites for hydroxylation is 1. The molecule has 4 heteroatoms. The Balaban J connectivity index is 1.97. The molecule has 0 bridgehead atoms. The molecule has 2 aromatic rings. The number of nitrogens with one attached hydrogen (secondary N) is 1. The monoisotopic (exact) mass is 287 g/mol. The van der Waals surface area contributed by atoms with Crippen LogP contribution in [0.4, 0.5) is 0 Å². The fraction of sp³-hybridized carbons (Fsp3) is 0.375. The van der Waals surface area contributed by atoms with Crippen LogP contribution in [0.15, 0.2) is 47.9 Å². The van der Waals surface area contributed by atoms with Gasteiger partial charge in [0.2, 0.25) is 0 Å². The van der Waals surface area contributed by atoms with Crippen LogP contribution in [0.1, 0.15) is 30.5 Å². The smallest absolute Gasteiger partial charge is 0.187 e. The van der Waals surface area contributed by atoms with Crippen LogP contribution >= 0.6 is 11.8 Å². The van der Waals surface area contributed by atoms with Crippen molar-refractivity contribution in [1.82, 2.24) is 15.3 Å². The fourth-order valence-electron chi connectivity index (χ4n) is 2.07. The van der Waals surface area contributed by atoms with Gasteiger partial charge in [-0.3, -0.25) is 0 Å². The van der Waals surface area contributed by atoms with Gasteiger partial charge in [0.15, 0.2) is 5.16 Å². The summed E-state index contributed by atoms with van der Waals surface area (Å²) >= 11 is 1.68. The first kappa shape index (κ1) is 15.0. The summed E-state index contributed by atoms with van der Waals surface area (Å²) in [6.45, 7) is 2.21. The van der Waals surface area contributed by atoms with Crippen LogP contribution in [0.5, 0.6) is 0 Å². The van der Waals surface area contributed by atoms with Crippen molar-refractivity contribution in [2.45, 2.75) is 31.0 Å². The Morgan fingerprint density at radius 1 is 1.15 bits per heavy atom. The normalized spacial score (nSPS) is 12.3. The predicted molar refractivity (Wildman–Crippen MR) is 85.0 cm³/mol. The van der Waals surface area contributed by atoms with Crippen molar-refractivity contribution >= 4 is 11.8 Å². The Hall–Kier alpha value is -1.39. The first-order chi connectivity index (χ1) is 9.83. The van der Waals surface area contributed by atoms with E-state index in [1.54, 1.807) is 24.2 Å². The van der Waals surface area contributed by atoms with E-state index in [1.807, 2.05) is 13.1 Å². The Morgan fingerprint density at radius 2 is 1.85 bits per heavy atom. The van der Waals surface area contributed by atoms with E-state index < -0.39 is 0 Å². The minimum atomic E-state index is 0.319. The van der Waals surface area contributed by atoms with Gasteiger partial charge >= 0.3 is 0 Å². The third-order valence-corrected chi connectivity index (χ3v) is 4.16. The highest BCUT2D eigenvalue weighted by Gasteiger charge is 2.10. The largest absolute Gasteiger partial charge is 0.312 e. The summed E-state index contributed by atoms with van der Waals surface area (Å²) in [4.78, 5) is 8.48. The van der Waals surface area contributed by atoms with Crippen molar-refractivity contribution in [3.8, 4) is 0 Å². The maximum atomic E-state index is 4.24. The summed E-state index contributed by atoms with van der Waals surface area (Å²) in [5.41, 5.74) is 2.72. The van der Waals surface area contributed by atoms with E-state index in [-0.39, 0.29) is 0 Å². The van der Waals surface area contributed by atoms with Gasteiger partial charge in [-0.05, 0) is 30.7 Å². The second kappa shape index (κ2) is 8.02. The zero-order valence-corrected chi connectivity index (χ0v) is 12.9. The van der Waals surface area contributed by atoms with Crippen LogP contribution in [0, 0.1) is 0 Å². The summed E-state index contributed by atoms with van der Waals surface area (Å²) in [5, 5.41) is 4.19. The van der Waals surface area contributed by atoms with Crippen LogP contribution in [0.2, 0.25) is 0 Å². The molecule has 0 aliphatic carbocycles. The maximum absolute atomic E-state index is 4.24. The van der Waals surface area contributed by atoms with Crippen LogP contribution in [-0.2, 0) is 6.42 Å². The SMILES string of the molecule is CCCc1ccc(C(CSc2ncccn2)NC)cc1. The topological polar surface area (TPSA) is 37.8 Å². The number of hydrogen-bond donors (Lipinski definition) is 1. The molecule has 2 rings (SSSR count). The maximum Gasteiger partial charge on any atom is 0.187 e. The average molecular weight is 287 g/mol. The molecule has 1 atom stereocenters. The second-order valence-electron chi connectivity index (χ2n) is 4.68. The highest BCUT2D eigenvalue weighted by Crippen LogP contribution is 2.22. The molecule has 0 fully saturated rings. The Morgan fingerprint density at radius 3 is 2.45 bits per heavy atom. The Labute approximate surface area is 125 Å². The lowest BCUT2D eigenvalue weighted by atomic mass is 10.0. The molecular formula is C16H21N3S. The van der Waals surface area contributed by atoms with Crippen LogP contribution in [-0.4, -0.2) is 22.8 Å². The van der Waals surface area contributed by atoms with E-state index in [0.717, 1.165) is 17.3 Å². The zero-order valence-electron chi connectivity index (χ0n) is 12.0. The minimum absolute atomic E-state index is 0.319. The van der Waals surface area contributed by atoms with Crippen molar-refractivity contribution in [2.75, 3.05) is 12.8 Å². The molecule has 1 N–H and O–H groups in total. The first-order valence-electron chi connectivity index (χ1n) is 6.99. The lowest BCUT2D eigenvalue weighted by Crippen LogP contribution is -2.18. The predicted octanol–water partition coefficient (Wildman–Crippen LogP) is 3.48. The van der Waals surface area contributed by atoms with E-state index in [2.05, 4.69) is 46.5 Å². The van der Waals surface area contributed by atoms with Crippen LogP contribution < -0.4 is 5.32 Å². The van der Waals surface area contributed by atoms with E-state index in [9.17, 15) is 0 Å². The van der Waals surface area contributed by atoms with E-state index >= 15 is 0 Å². The molecule has 0 aliphatic rings. The lowest BCUT2D eigenvalue weighted by Gasteiger charge is -2.16. The molecule has 1 unspecified atom stereocenters.